The number of carbonyl (C=O) groups excluding carboxylic acids is 3. The molecule has 0 aliphatic carbocycles. The molecule has 8 nitrogen and oxygen atoms in total. The molecule has 32 heavy (non-hydrogen) atoms. The van der Waals surface area contributed by atoms with Crippen LogP contribution < -0.4 is 20.1 Å². The number of rotatable bonds is 7. The van der Waals surface area contributed by atoms with Crippen LogP contribution in [-0.4, -0.2) is 55.3 Å². The Bertz CT molecular complexity index is 1030. The van der Waals surface area contributed by atoms with E-state index in [1.807, 2.05) is 0 Å². The van der Waals surface area contributed by atoms with Gasteiger partial charge in [0, 0.05) is 12.1 Å². The Morgan fingerprint density at radius 1 is 1.06 bits per heavy atom. The van der Waals surface area contributed by atoms with E-state index in [9.17, 15) is 27.6 Å². The molecule has 1 fully saturated rings. The third-order valence-corrected chi connectivity index (χ3v) is 4.95. The van der Waals surface area contributed by atoms with Gasteiger partial charge >= 0.3 is 12.2 Å². The first kappa shape index (κ1) is 22.9. The topological polar surface area (TPSA) is 97.0 Å². The van der Waals surface area contributed by atoms with Crippen molar-refractivity contribution in [1.29, 1.82) is 0 Å². The van der Waals surface area contributed by atoms with Crippen molar-refractivity contribution in [2.45, 2.75) is 18.3 Å². The summed E-state index contributed by atoms with van der Waals surface area (Å²) in [5.41, 5.74) is -3.08. The lowest BCUT2D eigenvalue weighted by molar-refractivity contribution is -0.200. The fourth-order valence-electron chi connectivity index (χ4n) is 3.17. The van der Waals surface area contributed by atoms with Crippen LogP contribution in [0.1, 0.15) is 15.9 Å². The van der Waals surface area contributed by atoms with Crippen molar-refractivity contribution in [2.24, 2.45) is 0 Å². The summed E-state index contributed by atoms with van der Waals surface area (Å²) in [6.07, 6.45) is -5.18. The van der Waals surface area contributed by atoms with Crippen molar-refractivity contribution in [3.8, 4) is 11.5 Å². The quantitative estimate of drug-likeness (QED) is 0.631. The van der Waals surface area contributed by atoms with Gasteiger partial charge in [0.1, 0.15) is 11.5 Å². The molecule has 11 heteroatoms. The number of amides is 4. The third-order valence-electron chi connectivity index (χ3n) is 4.95. The van der Waals surface area contributed by atoms with Crippen LogP contribution in [0.4, 0.5) is 18.0 Å². The Morgan fingerprint density at radius 3 is 2.31 bits per heavy atom. The molecule has 1 aliphatic heterocycles. The maximum absolute atomic E-state index is 14.0. The fourth-order valence-corrected chi connectivity index (χ4v) is 3.17. The predicted octanol–water partition coefficient (Wildman–Crippen LogP) is 2.49. The number of halogens is 3. The van der Waals surface area contributed by atoms with E-state index in [1.165, 1.54) is 38.5 Å². The molecule has 0 radical (unpaired) electrons. The van der Waals surface area contributed by atoms with Crippen LogP contribution in [-0.2, 0) is 11.2 Å². The van der Waals surface area contributed by atoms with E-state index in [4.69, 9.17) is 9.47 Å². The lowest BCUT2D eigenvalue weighted by Gasteiger charge is -2.30. The van der Waals surface area contributed by atoms with Gasteiger partial charge in [-0.25, -0.2) is 4.79 Å². The molecule has 1 heterocycles. The number of benzene rings is 2. The molecule has 1 unspecified atom stereocenters. The number of methoxy groups -OCH3 is 2. The Morgan fingerprint density at radius 2 is 1.72 bits per heavy atom. The summed E-state index contributed by atoms with van der Waals surface area (Å²) in [6.45, 7) is -0.316. The normalized spacial score (nSPS) is 18.3. The fraction of sp³-hybridized carbons (Fsp3) is 0.286. The number of urea groups is 1. The number of hydrogen-bond acceptors (Lipinski definition) is 5. The van der Waals surface area contributed by atoms with E-state index in [0.29, 0.717) is 16.2 Å². The van der Waals surface area contributed by atoms with Gasteiger partial charge < -0.3 is 14.8 Å². The number of carbonyl (C=O) groups is 3. The third kappa shape index (κ3) is 4.32. The number of hydrogen-bond donors (Lipinski definition) is 2. The second-order valence-corrected chi connectivity index (χ2v) is 6.92. The molecule has 2 N–H and O–H groups in total. The van der Waals surface area contributed by atoms with Crippen LogP contribution in [0.15, 0.2) is 48.5 Å². The Labute approximate surface area is 181 Å². The van der Waals surface area contributed by atoms with Crippen molar-refractivity contribution in [2.75, 3.05) is 20.8 Å². The first-order valence-corrected chi connectivity index (χ1v) is 9.41. The lowest BCUT2D eigenvalue weighted by Crippen LogP contribution is -2.69. The zero-order valence-electron chi connectivity index (χ0n) is 17.2. The highest BCUT2D eigenvalue weighted by Gasteiger charge is 2.68. The van der Waals surface area contributed by atoms with Crippen LogP contribution in [0.5, 0.6) is 11.5 Å². The summed E-state index contributed by atoms with van der Waals surface area (Å²) in [7, 11) is 2.81. The second-order valence-electron chi connectivity index (χ2n) is 6.92. The van der Waals surface area contributed by atoms with Gasteiger partial charge in [-0.1, -0.05) is 18.2 Å². The summed E-state index contributed by atoms with van der Waals surface area (Å²) >= 11 is 0. The molecule has 0 saturated carbocycles. The second kappa shape index (κ2) is 8.77. The highest BCUT2D eigenvalue weighted by atomic mass is 19.4. The highest BCUT2D eigenvalue weighted by molar-refractivity contribution is 6.10. The minimum absolute atomic E-state index is 0.112. The van der Waals surface area contributed by atoms with E-state index < -0.39 is 29.7 Å². The largest absolute Gasteiger partial charge is 0.497 e. The van der Waals surface area contributed by atoms with Gasteiger partial charge in [-0.05, 0) is 42.3 Å². The molecule has 0 bridgehead atoms. The average molecular weight is 451 g/mol. The molecule has 2 aromatic carbocycles. The smallest absolute Gasteiger partial charge is 0.440 e. The molecule has 3 rings (SSSR count). The summed E-state index contributed by atoms with van der Waals surface area (Å²) in [5.74, 6) is -1.99. The summed E-state index contributed by atoms with van der Waals surface area (Å²) in [6, 6.07) is 10.7. The number of imide groups is 1. The zero-order valence-corrected chi connectivity index (χ0v) is 17.2. The van der Waals surface area contributed by atoms with Crippen molar-refractivity contribution < 1.29 is 37.0 Å². The van der Waals surface area contributed by atoms with E-state index in [2.05, 4.69) is 0 Å². The first-order valence-electron chi connectivity index (χ1n) is 9.41. The van der Waals surface area contributed by atoms with Crippen LogP contribution in [0, 0.1) is 0 Å². The van der Waals surface area contributed by atoms with E-state index in [-0.39, 0.29) is 24.3 Å². The molecule has 4 amide bonds. The van der Waals surface area contributed by atoms with Gasteiger partial charge in [-0.15, -0.1) is 0 Å². The van der Waals surface area contributed by atoms with Gasteiger partial charge in [-0.3, -0.25) is 19.8 Å². The molecular formula is C21H20F3N3O5. The number of nitrogens with zero attached hydrogens (tertiary/aromatic N) is 1. The van der Waals surface area contributed by atoms with Crippen molar-refractivity contribution in [1.82, 2.24) is 15.5 Å². The Hall–Kier alpha value is -3.76. The number of nitrogens with one attached hydrogen (secondary N) is 2. The average Bonchev–Trinajstić information content (AvgIpc) is 3.02. The SMILES string of the molecule is COc1ccc(CCN2C(=O)NC(NC(=O)c3cccc(OC)c3)(C(F)(F)F)C2=O)cc1. The zero-order chi connectivity index (χ0) is 23.5. The first-order chi connectivity index (χ1) is 15.1. The Balaban J connectivity index is 1.81. The Kier molecular flexibility index (Phi) is 6.28. The van der Waals surface area contributed by atoms with Crippen molar-refractivity contribution >= 4 is 17.8 Å². The van der Waals surface area contributed by atoms with Crippen LogP contribution in [0.2, 0.25) is 0 Å². The van der Waals surface area contributed by atoms with E-state index in [1.54, 1.807) is 34.9 Å². The van der Waals surface area contributed by atoms with Crippen molar-refractivity contribution in [3.63, 3.8) is 0 Å². The molecule has 170 valence electrons. The van der Waals surface area contributed by atoms with Crippen molar-refractivity contribution in [3.05, 3.63) is 59.7 Å². The summed E-state index contributed by atoms with van der Waals surface area (Å²) in [5, 5.41) is 3.28. The maximum atomic E-state index is 14.0. The lowest BCUT2D eigenvalue weighted by atomic mass is 10.1. The molecular weight excluding hydrogens is 431 g/mol. The van der Waals surface area contributed by atoms with Gasteiger partial charge in [0.2, 0.25) is 0 Å². The minimum Gasteiger partial charge on any atom is -0.497 e. The molecule has 0 spiro atoms. The van der Waals surface area contributed by atoms with Gasteiger partial charge in [0.15, 0.2) is 0 Å². The van der Waals surface area contributed by atoms with Gasteiger partial charge in [-0.2, -0.15) is 13.2 Å². The molecule has 0 aromatic heterocycles. The van der Waals surface area contributed by atoms with Crippen LogP contribution >= 0.6 is 0 Å². The standard InChI is InChI=1S/C21H20F3N3O5/c1-31-15-8-6-13(7-9-15)10-11-27-18(29)20(21(22,23)24,26-19(27)30)25-17(28)14-4-3-5-16(12-14)32-2/h3-9,12H,10-11H2,1-2H3,(H,25,28)(H,26,30). The van der Waals surface area contributed by atoms with Crippen LogP contribution in [0.3, 0.4) is 0 Å². The number of ether oxygens (including phenoxy) is 2. The van der Waals surface area contributed by atoms with Gasteiger partial charge in [0.25, 0.3) is 17.5 Å². The highest BCUT2D eigenvalue weighted by Crippen LogP contribution is 2.34. The maximum Gasteiger partial charge on any atom is 0.440 e. The summed E-state index contributed by atoms with van der Waals surface area (Å²) in [4.78, 5) is 38.0. The number of alkyl halides is 3. The summed E-state index contributed by atoms with van der Waals surface area (Å²) < 4.78 is 51.9. The molecule has 2 aromatic rings. The van der Waals surface area contributed by atoms with E-state index >= 15 is 0 Å². The monoisotopic (exact) mass is 451 g/mol. The molecule has 1 aliphatic rings. The van der Waals surface area contributed by atoms with Crippen LogP contribution in [0.25, 0.3) is 0 Å². The predicted molar refractivity (Wildman–Crippen MR) is 106 cm³/mol. The molecule has 1 saturated heterocycles. The molecule has 1 atom stereocenters. The van der Waals surface area contributed by atoms with E-state index in [0.717, 1.165) is 0 Å². The minimum atomic E-state index is -5.29. The van der Waals surface area contributed by atoms with Gasteiger partial charge in [0.05, 0.1) is 14.2 Å².